The molecule has 0 fully saturated rings. The topological polar surface area (TPSA) is 38.7 Å². The largest absolute Gasteiger partial charge is 0.493 e. The van der Waals surface area contributed by atoms with Crippen LogP contribution in [-0.4, -0.2) is 25.9 Å². The first-order valence-electron chi connectivity index (χ1n) is 5.37. The van der Waals surface area contributed by atoms with Gasteiger partial charge in [-0.3, -0.25) is 0 Å². The summed E-state index contributed by atoms with van der Waals surface area (Å²) in [7, 11) is 2.65. The molecule has 1 aromatic rings. The molecule has 3 nitrogen and oxygen atoms in total. The van der Waals surface area contributed by atoms with Crippen LogP contribution in [0.2, 0.25) is 0 Å². The van der Waals surface area contributed by atoms with Gasteiger partial charge in [0.05, 0.1) is 19.8 Å². The Balaban J connectivity index is 3.27. The maximum atomic E-state index is 12.9. The fourth-order valence-corrected chi connectivity index (χ4v) is 1.66. The molecule has 0 amide bonds. The van der Waals surface area contributed by atoms with Gasteiger partial charge in [-0.25, -0.2) is 0 Å². The summed E-state index contributed by atoms with van der Waals surface area (Å²) in [6.07, 6.45) is -4.06. The number of ether oxygens (including phenoxy) is 2. The fraction of sp³-hybridized carbons (Fsp3) is 0.500. The van der Waals surface area contributed by atoms with Gasteiger partial charge in [-0.1, -0.05) is 0 Å². The molecule has 1 aromatic carbocycles. The normalized spacial score (nSPS) is 11.4. The molecule has 18 heavy (non-hydrogen) atoms. The lowest BCUT2D eigenvalue weighted by molar-refractivity contribution is -0.138. The molecule has 0 aliphatic rings. The van der Waals surface area contributed by atoms with E-state index >= 15 is 0 Å². The van der Waals surface area contributed by atoms with Gasteiger partial charge in [0.15, 0.2) is 11.5 Å². The first-order valence-corrected chi connectivity index (χ1v) is 5.37. The third-order valence-electron chi connectivity index (χ3n) is 2.52. The van der Waals surface area contributed by atoms with E-state index in [0.717, 1.165) is 6.07 Å². The first-order chi connectivity index (χ1) is 8.43. The number of alkyl halides is 3. The molecule has 0 unspecified atom stereocenters. The Labute approximate surface area is 103 Å². The van der Waals surface area contributed by atoms with Gasteiger partial charge in [0.2, 0.25) is 0 Å². The highest BCUT2D eigenvalue weighted by atomic mass is 19.4. The number of aryl methyl sites for hydroxylation is 1. The number of aliphatic hydroxyl groups is 1. The number of hydrogen-bond donors (Lipinski definition) is 1. The second kappa shape index (κ2) is 5.95. The number of rotatable bonds is 5. The number of aliphatic hydroxyl groups excluding tert-OH is 1. The van der Waals surface area contributed by atoms with E-state index in [2.05, 4.69) is 0 Å². The molecule has 0 spiro atoms. The lowest BCUT2D eigenvalue weighted by Gasteiger charge is -2.16. The summed E-state index contributed by atoms with van der Waals surface area (Å²) in [5.74, 6) is 0.288. The number of halogens is 3. The van der Waals surface area contributed by atoms with Crippen molar-refractivity contribution in [2.45, 2.75) is 19.0 Å². The average molecular weight is 264 g/mol. The van der Waals surface area contributed by atoms with Gasteiger partial charge < -0.3 is 14.6 Å². The molecule has 102 valence electrons. The van der Waals surface area contributed by atoms with Crippen LogP contribution < -0.4 is 9.47 Å². The summed E-state index contributed by atoms with van der Waals surface area (Å²) in [5.41, 5.74) is -0.664. The molecule has 0 heterocycles. The minimum atomic E-state index is -4.45. The van der Waals surface area contributed by atoms with Crippen molar-refractivity contribution in [3.8, 4) is 11.5 Å². The van der Waals surface area contributed by atoms with Crippen LogP contribution in [0, 0.1) is 0 Å². The van der Waals surface area contributed by atoms with Gasteiger partial charge >= 0.3 is 6.18 Å². The monoisotopic (exact) mass is 264 g/mol. The summed E-state index contributed by atoms with van der Waals surface area (Å²) < 4.78 is 48.4. The van der Waals surface area contributed by atoms with Crippen molar-refractivity contribution in [3.05, 3.63) is 23.3 Å². The minimum Gasteiger partial charge on any atom is -0.493 e. The Hall–Kier alpha value is -1.43. The fourth-order valence-electron chi connectivity index (χ4n) is 1.66. The number of methoxy groups -OCH3 is 2. The van der Waals surface area contributed by atoms with Gasteiger partial charge in [-0.2, -0.15) is 13.2 Å². The van der Waals surface area contributed by atoms with Gasteiger partial charge in [-0.05, 0) is 30.5 Å². The summed E-state index contributed by atoms with van der Waals surface area (Å²) in [4.78, 5) is 0. The summed E-state index contributed by atoms with van der Waals surface area (Å²) in [6.45, 7) is -0.161. The quantitative estimate of drug-likeness (QED) is 0.888. The van der Waals surface area contributed by atoms with Gasteiger partial charge in [0.25, 0.3) is 0 Å². The molecule has 0 radical (unpaired) electrons. The Morgan fingerprint density at radius 3 is 2.11 bits per heavy atom. The van der Waals surface area contributed by atoms with Crippen LogP contribution in [0.1, 0.15) is 17.5 Å². The molecule has 0 aliphatic heterocycles. The maximum absolute atomic E-state index is 12.9. The molecule has 1 rings (SSSR count). The first kappa shape index (κ1) is 14.6. The predicted octanol–water partition coefficient (Wildman–Crippen LogP) is 2.65. The summed E-state index contributed by atoms with van der Waals surface area (Å²) >= 11 is 0. The van der Waals surface area contributed by atoms with E-state index in [-0.39, 0.29) is 36.5 Å². The third kappa shape index (κ3) is 3.29. The molecule has 6 heteroatoms. The Bertz CT molecular complexity index is 402. The molecule has 1 N–H and O–H groups in total. The Morgan fingerprint density at radius 1 is 1.11 bits per heavy atom. The van der Waals surface area contributed by atoms with Crippen LogP contribution in [0.3, 0.4) is 0 Å². The van der Waals surface area contributed by atoms with Crippen LogP contribution in [0.5, 0.6) is 11.5 Å². The Kier molecular flexibility index (Phi) is 4.84. The molecule has 0 aromatic heterocycles. The van der Waals surface area contributed by atoms with Crippen LogP contribution in [0.15, 0.2) is 12.1 Å². The van der Waals surface area contributed by atoms with Crippen molar-refractivity contribution in [2.75, 3.05) is 20.8 Å². The molecular formula is C12H15F3O3. The van der Waals surface area contributed by atoms with Crippen molar-refractivity contribution in [1.29, 1.82) is 0 Å². The van der Waals surface area contributed by atoms with Crippen molar-refractivity contribution in [1.82, 2.24) is 0 Å². The highest BCUT2D eigenvalue weighted by molar-refractivity contribution is 5.48. The molecule has 0 bridgehead atoms. The number of benzene rings is 1. The van der Waals surface area contributed by atoms with E-state index in [0.29, 0.717) is 0 Å². The van der Waals surface area contributed by atoms with Crippen LogP contribution in [0.4, 0.5) is 13.2 Å². The molecule has 0 aliphatic carbocycles. The zero-order chi connectivity index (χ0) is 13.8. The zero-order valence-corrected chi connectivity index (χ0v) is 10.2. The average Bonchev–Trinajstić information content (AvgIpc) is 2.33. The van der Waals surface area contributed by atoms with Crippen molar-refractivity contribution in [2.24, 2.45) is 0 Å². The Morgan fingerprint density at radius 2 is 1.67 bits per heavy atom. The van der Waals surface area contributed by atoms with E-state index in [4.69, 9.17) is 14.6 Å². The summed E-state index contributed by atoms with van der Waals surface area (Å²) in [6, 6.07) is 2.23. The maximum Gasteiger partial charge on any atom is 0.416 e. The van der Waals surface area contributed by atoms with Crippen LogP contribution in [0.25, 0.3) is 0 Å². The van der Waals surface area contributed by atoms with Gasteiger partial charge in [0.1, 0.15) is 0 Å². The van der Waals surface area contributed by atoms with Crippen LogP contribution in [-0.2, 0) is 12.6 Å². The highest BCUT2D eigenvalue weighted by Crippen LogP contribution is 2.39. The highest BCUT2D eigenvalue weighted by Gasteiger charge is 2.34. The van der Waals surface area contributed by atoms with Crippen molar-refractivity contribution in [3.63, 3.8) is 0 Å². The van der Waals surface area contributed by atoms with Gasteiger partial charge in [-0.15, -0.1) is 0 Å². The van der Waals surface area contributed by atoms with Crippen molar-refractivity contribution < 1.29 is 27.8 Å². The second-order valence-corrected chi connectivity index (χ2v) is 3.69. The van der Waals surface area contributed by atoms with Crippen molar-refractivity contribution >= 4 is 0 Å². The van der Waals surface area contributed by atoms with E-state index < -0.39 is 11.7 Å². The van der Waals surface area contributed by atoms with Crippen LogP contribution >= 0.6 is 0 Å². The van der Waals surface area contributed by atoms with E-state index in [1.54, 1.807) is 0 Å². The predicted molar refractivity (Wildman–Crippen MR) is 60.0 cm³/mol. The van der Waals surface area contributed by atoms with E-state index in [1.807, 2.05) is 0 Å². The number of hydrogen-bond acceptors (Lipinski definition) is 3. The lowest BCUT2D eigenvalue weighted by atomic mass is 10.0. The molecular weight excluding hydrogens is 249 g/mol. The second-order valence-electron chi connectivity index (χ2n) is 3.69. The summed E-state index contributed by atoms with van der Waals surface area (Å²) in [5, 5.41) is 8.71. The molecule has 0 saturated heterocycles. The molecule has 0 saturated carbocycles. The lowest BCUT2D eigenvalue weighted by Crippen LogP contribution is -2.10. The van der Waals surface area contributed by atoms with E-state index in [1.165, 1.54) is 20.3 Å². The molecule has 0 atom stereocenters. The standard InChI is InChI=1S/C12H15F3O3/c1-17-10-6-8(4-3-5-16)9(12(13,14)15)7-11(10)18-2/h6-7,16H,3-5H2,1-2H3. The zero-order valence-electron chi connectivity index (χ0n) is 10.2. The van der Waals surface area contributed by atoms with E-state index in [9.17, 15) is 13.2 Å². The van der Waals surface area contributed by atoms with Gasteiger partial charge in [0, 0.05) is 6.61 Å². The SMILES string of the molecule is COc1cc(CCCO)c(C(F)(F)F)cc1OC. The third-order valence-corrected chi connectivity index (χ3v) is 2.52. The minimum absolute atomic E-state index is 0.0394. The smallest absolute Gasteiger partial charge is 0.416 e.